The zero-order valence-corrected chi connectivity index (χ0v) is 27.5. The first kappa shape index (κ1) is 22.3. The Labute approximate surface area is 310 Å². The van der Waals surface area contributed by atoms with Crippen molar-refractivity contribution >= 4 is 21.5 Å². The Kier molecular flexibility index (Phi) is 5.16. The molecule has 0 aromatic heterocycles. The monoisotopic (exact) mass is 654 g/mol. The third-order valence-electron chi connectivity index (χ3n) is 10.4. The molecule has 0 unspecified atom stereocenters. The van der Waals surface area contributed by atoms with Crippen molar-refractivity contribution in [3.63, 3.8) is 0 Å². The molecule has 0 bridgehead atoms. The summed E-state index contributed by atoms with van der Waals surface area (Å²) in [5, 5.41) is 0.808. The molecule has 0 saturated heterocycles. The van der Waals surface area contributed by atoms with E-state index >= 15 is 0 Å². The summed E-state index contributed by atoms with van der Waals surface area (Å²) in [5.74, 6) is 0. The predicted molar refractivity (Wildman–Crippen MR) is 215 cm³/mol. The van der Waals surface area contributed by atoms with E-state index in [0.717, 1.165) is 33.4 Å². The van der Waals surface area contributed by atoms with Crippen molar-refractivity contribution in [1.82, 2.24) is 0 Å². The fraction of sp³-hybridized carbons (Fsp3) is 0.0196. The van der Waals surface area contributed by atoms with Crippen molar-refractivity contribution in [3.8, 4) is 44.5 Å². The van der Waals surface area contributed by atoms with Crippen LogP contribution in [0.2, 0.25) is 0 Å². The summed E-state index contributed by atoms with van der Waals surface area (Å²) in [4.78, 5) is 0. The van der Waals surface area contributed by atoms with Crippen LogP contribution < -0.4 is 0 Å². The van der Waals surface area contributed by atoms with E-state index < -0.39 is 29.6 Å². The minimum absolute atomic E-state index is 0.200. The molecule has 0 saturated carbocycles. The van der Waals surface area contributed by atoms with E-state index in [0.29, 0.717) is 22.3 Å². The normalized spacial score (nSPS) is 15.1. The summed E-state index contributed by atoms with van der Waals surface area (Å²) in [6, 6.07) is 50.4. The molecule has 0 aliphatic heterocycles. The molecular formula is C51H34. The number of hydrogen-bond donors (Lipinski definition) is 0. The minimum Gasteiger partial charge on any atom is -0.0622 e. The predicted octanol–water partition coefficient (Wildman–Crippen LogP) is 13.4. The SMILES string of the molecule is [2H]c1c([2H])c([2H])c2c(-c3ccc(-c4ccc5c(c4)C(c4ccccc4)(c4ccccc4)c4ccccc4-5)cc3)c3c([2H])c([2H])c([2H])c([2H])c3c(-c3ccccc3)c2c1[2H]. The number of benzene rings is 9. The fourth-order valence-corrected chi connectivity index (χ4v) is 8.26. The Hall–Kier alpha value is -6.50. The van der Waals surface area contributed by atoms with Crippen molar-refractivity contribution in [2.45, 2.75) is 5.41 Å². The highest BCUT2D eigenvalue weighted by Crippen LogP contribution is 2.56. The molecule has 51 heavy (non-hydrogen) atoms. The molecule has 0 amide bonds. The fourth-order valence-electron chi connectivity index (χ4n) is 8.26. The number of rotatable bonds is 5. The second-order valence-electron chi connectivity index (χ2n) is 13.0. The lowest BCUT2D eigenvalue weighted by Gasteiger charge is -2.34. The molecule has 0 fully saturated rings. The summed E-state index contributed by atoms with van der Waals surface area (Å²) in [7, 11) is 0. The van der Waals surface area contributed by atoms with Crippen molar-refractivity contribution in [1.29, 1.82) is 0 Å². The molecule has 9 aromatic carbocycles. The van der Waals surface area contributed by atoms with E-state index in [2.05, 4.69) is 91.0 Å². The van der Waals surface area contributed by atoms with E-state index in [1.54, 1.807) is 24.3 Å². The Bertz CT molecular complexity index is 3040. The van der Waals surface area contributed by atoms with Crippen LogP contribution >= 0.6 is 0 Å². The van der Waals surface area contributed by atoms with Gasteiger partial charge in [-0.15, -0.1) is 0 Å². The molecule has 0 nitrogen and oxygen atoms in total. The smallest absolute Gasteiger partial charge is 0.0622 e. The minimum atomic E-state index is -0.574. The zero-order chi connectivity index (χ0) is 40.7. The molecule has 10 rings (SSSR count). The van der Waals surface area contributed by atoms with Gasteiger partial charge in [0.05, 0.1) is 16.4 Å². The highest BCUT2D eigenvalue weighted by atomic mass is 14.5. The zero-order valence-electron chi connectivity index (χ0n) is 35.5. The summed E-state index contributed by atoms with van der Waals surface area (Å²) in [6.45, 7) is 0. The first-order valence-corrected chi connectivity index (χ1v) is 17.1. The summed E-state index contributed by atoms with van der Waals surface area (Å²) >= 11 is 0. The van der Waals surface area contributed by atoms with E-state index in [9.17, 15) is 5.48 Å². The van der Waals surface area contributed by atoms with Crippen LogP contribution in [0.1, 0.15) is 33.2 Å². The largest absolute Gasteiger partial charge is 0.0713 e. The Morgan fingerprint density at radius 3 is 1.29 bits per heavy atom. The van der Waals surface area contributed by atoms with Gasteiger partial charge in [0.1, 0.15) is 0 Å². The van der Waals surface area contributed by atoms with Crippen LogP contribution in [0.3, 0.4) is 0 Å². The molecule has 0 heterocycles. The molecule has 9 aromatic rings. The van der Waals surface area contributed by atoms with Gasteiger partial charge >= 0.3 is 0 Å². The summed E-state index contributed by atoms with van der Waals surface area (Å²) < 4.78 is 71.8. The summed E-state index contributed by atoms with van der Waals surface area (Å²) in [5.41, 5.74) is 10.2. The average Bonchev–Trinajstić information content (AvgIpc) is 3.59. The molecule has 1 aliphatic rings. The standard InChI is InChI=1S/C51H34/c1-4-16-36(17-5-1)49-43-23-10-12-25-45(43)50(46-26-13-11-24-44(46)49)37-30-28-35(29-31-37)38-32-33-42-41-22-14-15-27-47(41)51(48(42)34-38,39-18-6-2-7-19-39)40-20-8-3-9-21-40/h1-34H/i10D,11D,12D,13D,23D,24D,25D,26D. The van der Waals surface area contributed by atoms with Crippen LogP contribution in [-0.2, 0) is 5.41 Å². The topological polar surface area (TPSA) is 0 Å². The molecule has 0 N–H and O–H groups in total. The van der Waals surface area contributed by atoms with E-state index in [4.69, 9.17) is 5.48 Å². The van der Waals surface area contributed by atoms with Crippen LogP contribution in [0, 0.1) is 0 Å². The van der Waals surface area contributed by atoms with Gasteiger partial charge in [0.15, 0.2) is 0 Å². The first-order chi connectivity index (χ1) is 28.6. The first-order valence-electron chi connectivity index (χ1n) is 21.1. The lowest BCUT2D eigenvalue weighted by Crippen LogP contribution is -2.28. The van der Waals surface area contributed by atoms with Crippen molar-refractivity contribution in [3.05, 3.63) is 228 Å². The molecule has 0 heteroatoms. The second kappa shape index (κ2) is 11.8. The average molecular weight is 655 g/mol. The van der Waals surface area contributed by atoms with Crippen molar-refractivity contribution < 1.29 is 11.0 Å². The Morgan fingerprint density at radius 1 is 0.333 bits per heavy atom. The third kappa shape index (κ3) is 4.47. The van der Waals surface area contributed by atoms with Crippen LogP contribution in [0.4, 0.5) is 0 Å². The highest BCUT2D eigenvalue weighted by molar-refractivity contribution is 6.21. The Morgan fingerprint density at radius 2 is 0.745 bits per heavy atom. The maximum absolute atomic E-state index is 9.27. The maximum Gasteiger partial charge on any atom is 0.0713 e. The molecule has 0 spiro atoms. The molecular weight excluding hydrogens is 613 g/mol. The van der Waals surface area contributed by atoms with Gasteiger partial charge in [-0.1, -0.05) is 200 Å². The molecule has 0 atom stereocenters. The van der Waals surface area contributed by atoms with Gasteiger partial charge in [-0.25, -0.2) is 0 Å². The molecule has 238 valence electrons. The van der Waals surface area contributed by atoms with Gasteiger partial charge in [0.2, 0.25) is 0 Å². The third-order valence-corrected chi connectivity index (χ3v) is 10.4. The lowest BCUT2D eigenvalue weighted by molar-refractivity contribution is 0.769. The quantitative estimate of drug-likeness (QED) is 0.162. The molecule has 0 radical (unpaired) electrons. The van der Waals surface area contributed by atoms with Gasteiger partial charge in [-0.2, -0.15) is 0 Å². The number of hydrogen-bond acceptors (Lipinski definition) is 0. The summed E-state index contributed by atoms with van der Waals surface area (Å²) in [6.07, 6.45) is 0. The lowest BCUT2D eigenvalue weighted by atomic mass is 9.67. The van der Waals surface area contributed by atoms with E-state index in [1.165, 1.54) is 11.1 Å². The van der Waals surface area contributed by atoms with Gasteiger partial charge in [0.25, 0.3) is 0 Å². The van der Waals surface area contributed by atoms with E-state index in [-0.39, 0.29) is 45.7 Å². The van der Waals surface area contributed by atoms with Crippen LogP contribution in [0.15, 0.2) is 206 Å². The van der Waals surface area contributed by atoms with Crippen molar-refractivity contribution in [2.24, 2.45) is 0 Å². The second-order valence-corrected chi connectivity index (χ2v) is 13.0. The van der Waals surface area contributed by atoms with Crippen LogP contribution in [0.25, 0.3) is 66.1 Å². The van der Waals surface area contributed by atoms with E-state index in [1.807, 2.05) is 42.5 Å². The van der Waals surface area contributed by atoms with Gasteiger partial charge < -0.3 is 0 Å². The van der Waals surface area contributed by atoms with Crippen molar-refractivity contribution in [2.75, 3.05) is 0 Å². The van der Waals surface area contributed by atoms with Crippen LogP contribution in [-0.4, -0.2) is 0 Å². The number of fused-ring (bicyclic) bond motifs is 5. The Balaban J connectivity index is 1.23. The highest BCUT2D eigenvalue weighted by Gasteiger charge is 2.46. The molecule has 1 aliphatic carbocycles. The maximum atomic E-state index is 9.27. The van der Waals surface area contributed by atoms with Gasteiger partial charge in [-0.05, 0) is 94.4 Å². The van der Waals surface area contributed by atoms with Gasteiger partial charge in [-0.3, -0.25) is 0 Å². The van der Waals surface area contributed by atoms with Crippen LogP contribution in [0.5, 0.6) is 0 Å². The van der Waals surface area contributed by atoms with Gasteiger partial charge in [0, 0.05) is 0 Å².